The van der Waals surface area contributed by atoms with E-state index in [2.05, 4.69) is 37.8 Å². The highest BCUT2D eigenvalue weighted by atomic mass is 16.5. The molecule has 34 heavy (non-hydrogen) atoms. The molecule has 4 rings (SSSR count). The summed E-state index contributed by atoms with van der Waals surface area (Å²) >= 11 is 0. The van der Waals surface area contributed by atoms with Gasteiger partial charge in [0.2, 0.25) is 0 Å². The van der Waals surface area contributed by atoms with Gasteiger partial charge in [-0.3, -0.25) is 9.69 Å². The average molecular weight is 466 g/mol. The smallest absolute Gasteiger partial charge is 0.309 e. The van der Waals surface area contributed by atoms with Crippen LogP contribution in [0.25, 0.3) is 5.57 Å². The van der Waals surface area contributed by atoms with E-state index in [-0.39, 0.29) is 12.0 Å². The van der Waals surface area contributed by atoms with Crippen molar-refractivity contribution < 1.29 is 24.1 Å². The van der Waals surface area contributed by atoms with Crippen molar-refractivity contribution in [2.24, 2.45) is 5.92 Å². The van der Waals surface area contributed by atoms with Crippen LogP contribution in [0.3, 0.4) is 0 Å². The molecule has 1 atom stereocenters. The van der Waals surface area contributed by atoms with Crippen LogP contribution in [0.5, 0.6) is 17.2 Å². The van der Waals surface area contributed by atoms with Crippen molar-refractivity contribution in [1.29, 1.82) is 0 Å². The van der Waals surface area contributed by atoms with Gasteiger partial charge in [0.1, 0.15) is 23.9 Å². The number of likely N-dealkylation sites (tertiary alicyclic amines) is 1. The zero-order valence-electron chi connectivity index (χ0n) is 20.6. The number of hydrogen-bond acceptors (Lipinski definition) is 5. The normalized spacial score (nSPS) is 17.1. The predicted octanol–water partition coefficient (Wildman–Crippen LogP) is 5.19. The SMILES string of the molecule is CC[C@@H](C)Oc1ccc(COc2ccc3c(c2)CCC(CN2CC(C(=O)O)C2)=C3C)c(OC)c1. The zero-order valence-corrected chi connectivity index (χ0v) is 20.6. The molecule has 1 saturated heterocycles. The molecule has 1 fully saturated rings. The van der Waals surface area contributed by atoms with Crippen LogP contribution in [0.4, 0.5) is 0 Å². The predicted molar refractivity (Wildman–Crippen MR) is 133 cm³/mol. The van der Waals surface area contributed by atoms with Gasteiger partial charge in [-0.25, -0.2) is 0 Å². The molecule has 1 N–H and O–H groups in total. The molecular formula is C28H35NO5. The first kappa shape index (κ1) is 24.1. The van der Waals surface area contributed by atoms with Gasteiger partial charge in [0.15, 0.2) is 0 Å². The minimum Gasteiger partial charge on any atom is -0.496 e. The number of hydrogen-bond donors (Lipinski definition) is 1. The molecule has 6 nitrogen and oxygen atoms in total. The lowest BCUT2D eigenvalue weighted by Crippen LogP contribution is -2.50. The number of ether oxygens (including phenoxy) is 3. The number of benzene rings is 2. The maximum Gasteiger partial charge on any atom is 0.309 e. The maximum absolute atomic E-state index is 11.1. The summed E-state index contributed by atoms with van der Waals surface area (Å²) in [5.41, 5.74) is 6.27. The Morgan fingerprint density at radius 1 is 1.15 bits per heavy atom. The molecule has 2 aliphatic rings. The number of carboxylic acids is 1. The van der Waals surface area contributed by atoms with E-state index in [0.717, 1.165) is 48.6 Å². The molecule has 1 aliphatic carbocycles. The first-order valence-electron chi connectivity index (χ1n) is 12.1. The van der Waals surface area contributed by atoms with Gasteiger partial charge in [-0.15, -0.1) is 0 Å². The highest BCUT2D eigenvalue weighted by Gasteiger charge is 2.33. The first-order chi connectivity index (χ1) is 16.4. The molecule has 0 saturated carbocycles. The third-order valence-electron chi connectivity index (χ3n) is 6.99. The van der Waals surface area contributed by atoms with Crippen LogP contribution < -0.4 is 14.2 Å². The van der Waals surface area contributed by atoms with Gasteiger partial charge in [-0.2, -0.15) is 0 Å². The van der Waals surface area contributed by atoms with Crippen LogP contribution >= 0.6 is 0 Å². The van der Waals surface area contributed by atoms with Crippen molar-refractivity contribution in [3.8, 4) is 17.2 Å². The third kappa shape index (κ3) is 5.39. The van der Waals surface area contributed by atoms with E-state index in [0.29, 0.717) is 19.7 Å². The van der Waals surface area contributed by atoms with Gasteiger partial charge in [0.25, 0.3) is 0 Å². The Morgan fingerprint density at radius 3 is 2.62 bits per heavy atom. The molecule has 0 amide bonds. The summed E-state index contributed by atoms with van der Waals surface area (Å²) in [5, 5.41) is 9.10. The Labute approximate surface area is 202 Å². The summed E-state index contributed by atoms with van der Waals surface area (Å²) in [4.78, 5) is 13.3. The van der Waals surface area contributed by atoms with Gasteiger partial charge in [0.05, 0.1) is 19.1 Å². The number of carbonyl (C=O) groups is 1. The second kappa shape index (κ2) is 10.5. The fourth-order valence-electron chi connectivity index (χ4n) is 4.61. The Hall–Kier alpha value is -2.99. The molecule has 6 heteroatoms. The Bertz CT molecular complexity index is 1070. The molecule has 0 spiro atoms. The quantitative estimate of drug-likeness (QED) is 0.521. The van der Waals surface area contributed by atoms with Gasteiger partial charge in [0, 0.05) is 31.3 Å². The minimum atomic E-state index is -0.684. The van der Waals surface area contributed by atoms with Gasteiger partial charge in [-0.1, -0.05) is 18.6 Å². The summed E-state index contributed by atoms with van der Waals surface area (Å²) in [6.45, 7) is 8.92. The Kier molecular flexibility index (Phi) is 7.47. The summed E-state index contributed by atoms with van der Waals surface area (Å²) in [6, 6.07) is 12.2. The van der Waals surface area contributed by atoms with E-state index in [9.17, 15) is 4.79 Å². The van der Waals surface area contributed by atoms with Crippen molar-refractivity contribution in [3.63, 3.8) is 0 Å². The van der Waals surface area contributed by atoms with Gasteiger partial charge >= 0.3 is 5.97 Å². The topological polar surface area (TPSA) is 68.2 Å². The van der Waals surface area contributed by atoms with E-state index >= 15 is 0 Å². The summed E-state index contributed by atoms with van der Waals surface area (Å²) in [7, 11) is 1.67. The lowest BCUT2D eigenvalue weighted by Gasteiger charge is -2.38. The monoisotopic (exact) mass is 465 g/mol. The van der Waals surface area contributed by atoms with E-state index < -0.39 is 5.97 Å². The van der Waals surface area contributed by atoms with Crippen LogP contribution in [0, 0.1) is 5.92 Å². The molecule has 1 heterocycles. The number of allylic oxidation sites excluding steroid dienone is 1. The van der Waals surface area contributed by atoms with Crippen LogP contribution in [0.2, 0.25) is 0 Å². The van der Waals surface area contributed by atoms with E-state index in [4.69, 9.17) is 19.3 Å². The van der Waals surface area contributed by atoms with Crippen molar-refractivity contribution >= 4 is 11.5 Å². The second-order valence-corrected chi connectivity index (χ2v) is 9.38. The van der Waals surface area contributed by atoms with E-state index in [1.165, 1.54) is 22.3 Å². The fraction of sp³-hybridized carbons (Fsp3) is 0.464. The Morgan fingerprint density at radius 2 is 1.91 bits per heavy atom. The van der Waals surface area contributed by atoms with Crippen LogP contribution in [0.15, 0.2) is 42.0 Å². The molecule has 182 valence electrons. The number of rotatable bonds is 10. The number of methoxy groups -OCH3 is 1. The largest absolute Gasteiger partial charge is 0.496 e. The fourth-order valence-corrected chi connectivity index (χ4v) is 4.61. The minimum absolute atomic E-state index is 0.160. The van der Waals surface area contributed by atoms with Gasteiger partial charge in [-0.05, 0) is 74.1 Å². The zero-order chi connectivity index (χ0) is 24.2. The van der Waals surface area contributed by atoms with Crippen molar-refractivity contribution in [2.45, 2.75) is 52.7 Å². The molecule has 0 aromatic heterocycles. The number of aliphatic carboxylic acids is 1. The van der Waals surface area contributed by atoms with Crippen LogP contribution in [-0.2, 0) is 17.8 Å². The standard InChI is InChI=1S/C28H35NO5/c1-5-18(2)34-25-9-8-22(27(13-25)32-4)17-33-24-10-11-26-19(3)21(7-6-20(26)12-24)14-29-15-23(16-29)28(30)31/h8-13,18,23H,5-7,14-17H2,1-4H3,(H,30,31)/t18-/m1/s1. The van der Waals surface area contributed by atoms with Crippen LogP contribution in [0.1, 0.15) is 50.3 Å². The van der Waals surface area contributed by atoms with Gasteiger partial charge < -0.3 is 19.3 Å². The van der Waals surface area contributed by atoms with E-state index in [1.54, 1.807) is 7.11 Å². The molecule has 2 aromatic carbocycles. The lowest BCUT2D eigenvalue weighted by molar-refractivity contribution is -0.147. The van der Waals surface area contributed by atoms with Crippen molar-refractivity contribution in [1.82, 2.24) is 4.90 Å². The first-order valence-corrected chi connectivity index (χ1v) is 12.1. The molecule has 1 aliphatic heterocycles. The van der Waals surface area contributed by atoms with E-state index in [1.807, 2.05) is 24.3 Å². The highest BCUT2D eigenvalue weighted by molar-refractivity contribution is 5.73. The second-order valence-electron chi connectivity index (χ2n) is 9.38. The van der Waals surface area contributed by atoms with Crippen LogP contribution in [-0.4, -0.2) is 48.8 Å². The average Bonchev–Trinajstić information content (AvgIpc) is 2.80. The number of nitrogens with zero attached hydrogens (tertiary/aromatic N) is 1. The van der Waals surface area contributed by atoms with Crippen molar-refractivity contribution in [2.75, 3.05) is 26.7 Å². The lowest BCUT2D eigenvalue weighted by atomic mass is 9.85. The summed E-state index contributed by atoms with van der Waals surface area (Å²) in [5.74, 6) is 1.52. The molecule has 0 radical (unpaired) electrons. The molecule has 0 unspecified atom stereocenters. The van der Waals surface area contributed by atoms with Crippen molar-refractivity contribution in [3.05, 3.63) is 58.7 Å². The Balaban J connectivity index is 1.39. The maximum atomic E-state index is 11.1. The number of aryl methyl sites for hydroxylation is 1. The molecule has 2 aromatic rings. The summed E-state index contributed by atoms with van der Waals surface area (Å²) < 4.78 is 17.6. The summed E-state index contributed by atoms with van der Waals surface area (Å²) in [6.07, 6.45) is 3.08. The number of fused-ring (bicyclic) bond motifs is 1. The highest BCUT2D eigenvalue weighted by Crippen LogP contribution is 2.35. The molecular weight excluding hydrogens is 430 g/mol. The molecule has 0 bridgehead atoms. The third-order valence-corrected chi connectivity index (χ3v) is 6.99. The number of carboxylic acid groups (broad SMARTS) is 1.